The van der Waals surface area contributed by atoms with Gasteiger partial charge in [-0.1, -0.05) is 23.7 Å². The van der Waals surface area contributed by atoms with E-state index in [1.54, 1.807) is 11.8 Å². The Morgan fingerprint density at radius 3 is 2.39 bits per heavy atom. The van der Waals surface area contributed by atoms with Crippen molar-refractivity contribution in [2.75, 3.05) is 12.5 Å². The normalized spacial score (nSPS) is 11.3. The van der Waals surface area contributed by atoms with Crippen LogP contribution in [-0.4, -0.2) is 26.9 Å². The number of sulfone groups is 1. The summed E-state index contributed by atoms with van der Waals surface area (Å²) in [5, 5.41) is 0.153. The minimum atomic E-state index is -3.42. The minimum absolute atomic E-state index is 0.0261. The van der Waals surface area contributed by atoms with Crippen LogP contribution >= 0.6 is 23.4 Å². The van der Waals surface area contributed by atoms with E-state index in [0.29, 0.717) is 0 Å². The topological polar surface area (TPSA) is 60.4 Å². The molecule has 0 aromatic heterocycles. The van der Waals surface area contributed by atoms with Gasteiger partial charge in [0.15, 0.2) is 9.84 Å². The highest BCUT2D eigenvalue weighted by Gasteiger charge is 2.16. The number of carbonyl (C=O) groups is 1. The summed E-state index contributed by atoms with van der Waals surface area (Å²) in [7, 11) is -3.42. The number of ether oxygens (including phenoxy) is 1. The van der Waals surface area contributed by atoms with E-state index in [0.717, 1.165) is 16.7 Å². The molecule has 0 unspecified atom stereocenters. The van der Waals surface area contributed by atoms with E-state index in [-0.39, 0.29) is 22.1 Å². The lowest BCUT2D eigenvalue weighted by molar-refractivity contribution is 0.0472. The van der Waals surface area contributed by atoms with Gasteiger partial charge in [0, 0.05) is 11.2 Å². The molecule has 2 aromatic rings. The van der Waals surface area contributed by atoms with Gasteiger partial charge in [-0.05, 0) is 42.2 Å². The van der Waals surface area contributed by atoms with Crippen molar-refractivity contribution in [3.8, 4) is 0 Å². The van der Waals surface area contributed by atoms with Crippen molar-refractivity contribution in [1.29, 1.82) is 0 Å². The molecule has 0 atom stereocenters. The number of rotatable bonds is 5. The highest BCUT2D eigenvalue weighted by Crippen LogP contribution is 2.22. The maximum Gasteiger partial charge on any atom is 0.340 e. The van der Waals surface area contributed by atoms with Crippen LogP contribution in [-0.2, 0) is 21.2 Å². The van der Waals surface area contributed by atoms with Crippen LogP contribution in [0.4, 0.5) is 0 Å². The van der Waals surface area contributed by atoms with E-state index >= 15 is 0 Å². The standard InChI is InChI=1S/C16H15ClO4S2/c1-22-12-5-3-11(4-6-12)10-21-16(18)14-9-13(23(2,19)20)7-8-15(14)17/h3-9H,10H2,1-2H3. The van der Waals surface area contributed by atoms with Gasteiger partial charge in [0.05, 0.1) is 15.5 Å². The zero-order valence-corrected chi connectivity index (χ0v) is 15.0. The fraction of sp³-hybridized carbons (Fsp3) is 0.188. The molecule has 0 saturated carbocycles. The highest BCUT2D eigenvalue weighted by atomic mass is 35.5. The van der Waals surface area contributed by atoms with Crippen LogP contribution in [0.25, 0.3) is 0 Å². The first-order valence-corrected chi connectivity index (χ1v) is 10.1. The van der Waals surface area contributed by atoms with Crippen molar-refractivity contribution in [1.82, 2.24) is 0 Å². The Balaban J connectivity index is 2.14. The van der Waals surface area contributed by atoms with E-state index in [2.05, 4.69) is 0 Å². The molecule has 0 bridgehead atoms. The molecule has 0 aliphatic carbocycles. The molecule has 0 saturated heterocycles. The predicted molar refractivity (Wildman–Crippen MR) is 91.9 cm³/mol. The minimum Gasteiger partial charge on any atom is -0.457 e. The third-order valence-corrected chi connectivity index (χ3v) is 5.30. The van der Waals surface area contributed by atoms with E-state index in [1.807, 2.05) is 30.5 Å². The third-order valence-electron chi connectivity index (χ3n) is 3.11. The third kappa shape index (κ3) is 4.73. The van der Waals surface area contributed by atoms with Crippen LogP contribution in [0, 0.1) is 0 Å². The lowest BCUT2D eigenvalue weighted by Crippen LogP contribution is -2.08. The second kappa shape index (κ2) is 7.38. The van der Waals surface area contributed by atoms with Gasteiger partial charge in [0.25, 0.3) is 0 Å². The Kier molecular flexibility index (Phi) is 5.73. The zero-order valence-electron chi connectivity index (χ0n) is 12.6. The summed E-state index contributed by atoms with van der Waals surface area (Å²) < 4.78 is 28.3. The predicted octanol–water partition coefficient (Wildman–Crippen LogP) is 3.82. The van der Waals surface area contributed by atoms with E-state index in [9.17, 15) is 13.2 Å². The largest absolute Gasteiger partial charge is 0.457 e. The summed E-state index contributed by atoms with van der Waals surface area (Å²) >= 11 is 7.59. The van der Waals surface area contributed by atoms with Gasteiger partial charge in [0.1, 0.15) is 6.61 Å². The Morgan fingerprint density at radius 2 is 1.83 bits per heavy atom. The van der Waals surface area contributed by atoms with Crippen molar-refractivity contribution in [2.24, 2.45) is 0 Å². The fourth-order valence-electron chi connectivity index (χ4n) is 1.84. The number of carbonyl (C=O) groups excluding carboxylic acids is 1. The maximum absolute atomic E-state index is 12.1. The molecule has 0 amide bonds. The summed E-state index contributed by atoms with van der Waals surface area (Å²) in [6.45, 7) is 0.0902. The Bertz CT molecular complexity index is 814. The molecule has 4 nitrogen and oxygen atoms in total. The second-order valence-electron chi connectivity index (χ2n) is 4.84. The first-order chi connectivity index (χ1) is 10.8. The lowest BCUT2D eigenvalue weighted by Gasteiger charge is -2.08. The molecule has 0 aliphatic heterocycles. The monoisotopic (exact) mass is 370 g/mol. The van der Waals surface area contributed by atoms with Crippen LogP contribution in [0.15, 0.2) is 52.3 Å². The molecule has 23 heavy (non-hydrogen) atoms. The Hall–Kier alpha value is -1.50. The van der Waals surface area contributed by atoms with Gasteiger partial charge in [-0.25, -0.2) is 13.2 Å². The number of esters is 1. The molecule has 0 N–H and O–H groups in total. The Labute approximate surface area is 144 Å². The Morgan fingerprint density at radius 1 is 1.17 bits per heavy atom. The van der Waals surface area contributed by atoms with Crippen LogP contribution in [0.3, 0.4) is 0 Å². The molecule has 7 heteroatoms. The molecule has 0 spiro atoms. The molecule has 122 valence electrons. The van der Waals surface area contributed by atoms with Gasteiger partial charge < -0.3 is 4.74 Å². The summed E-state index contributed by atoms with van der Waals surface area (Å²) in [6, 6.07) is 11.6. The van der Waals surface area contributed by atoms with Crippen molar-refractivity contribution < 1.29 is 17.9 Å². The van der Waals surface area contributed by atoms with Gasteiger partial charge in [-0.15, -0.1) is 11.8 Å². The molecule has 0 aliphatic rings. The summed E-state index contributed by atoms with van der Waals surface area (Å²) in [4.78, 5) is 13.3. The number of thioether (sulfide) groups is 1. The van der Waals surface area contributed by atoms with Gasteiger partial charge in [-0.3, -0.25) is 0 Å². The van der Waals surface area contributed by atoms with Gasteiger partial charge in [-0.2, -0.15) is 0 Å². The highest BCUT2D eigenvalue weighted by molar-refractivity contribution is 7.98. The number of hydrogen-bond acceptors (Lipinski definition) is 5. The SMILES string of the molecule is CSc1ccc(COC(=O)c2cc(S(C)(=O)=O)ccc2Cl)cc1. The van der Waals surface area contributed by atoms with Crippen molar-refractivity contribution in [3.63, 3.8) is 0 Å². The van der Waals surface area contributed by atoms with Crippen LogP contribution in [0.1, 0.15) is 15.9 Å². The lowest BCUT2D eigenvalue weighted by atomic mass is 10.2. The van der Waals surface area contributed by atoms with Crippen LogP contribution in [0.5, 0.6) is 0 Å². The molecule has 2 aromatic carbocycles. The summed E-state index contributed by atoms with van der Waals surface area (Å²) in [6.07, 6.45) is 3.05. The summed E-state index contributed by atoms with van der Waals surface area (Å²) in [5.41, 5.74) is 0.877. The second-order valence-corrected chi connectivity index (χ2v) is 8.14. The quantitative estimate of drug-likeness (QED) is 0.591. The molecule has 0 radical (unpaired) electrons. The van der Waals surface area contributed by atoms with Crippen LogP contribution in [0.2, 0.25) is 5.02 Å². The number of benzene rings is 2. The first kappa shape index (κ1) is 17.8. The van der Waals surface area contributed by atoms with E-state index < -0.39 is 15.8 Å². The molecule has 0 fully saturated rings. The van der Waals surface area contributed by atoms with Gasteiger partial charge in [0.2, 0.25) is 0 Å². The number of hydrogen-bond donors (Lipinski definition) is 0. The molecular formula is C16H15ClO4S2. The van der Waals surface area contributed by atoms with Crippen molar-refractivity contribution >= 4 is 39.2 Å². The summed E-state index contributed by atoms with van der Waals surface area (Å²) in [5.74, 6) is -0.658. The van der Waals surface area contributed by atoms with Gasteiger partial charge >= 0.3 is 5.97 Å². The van der Waals surface area contributed by atoms with E-state index in [4.69, 9.17) is 16.3 Å². The molecule has 2 rings (SSSR count). The van der Waals surface area contributed by atoms with Crippen molar-refractivity contribution in [3.05, 3.63) is 58.6 Å². The number of halogens is 1. The smallest absolute Gasteiger partial charge is 0.340 e. The average Bonchev–Trinajstić information content (AvgIpc) is 2.52. The zero-order chi connectivity index (χ0) is 17.0. The maximum atomic E-state index is 12.1. The van der Waals surface area contributed by atoms with E-state index in [1.165, 1.54) is 18.2 Å². The fourth-order valence-corrected chi connectivity index (χ4v) is 3.09. The molecule has 0 heterocycles. The molecular weight excluding hydrogens is 356 g/mol. The average molecular weight is 371 g/mol. The van der Waals surface area contributed by atoms with Crippen molar-refractivity contribution in [2.45, 2.75) is 16.4 Å². The van der Waals surface area contributed by atoms with Crippen LogP contribution < -0.4 is 0 Å². The first-order valence-electron chi connectivity index (χ1n) is 6.61.